The molecule has 2 aromatic rings. The summed E-state index contributed by atoms with van der Waals surface area (Å²) in [5.74, 6) is -0.468. The van der Waals surface area contributed by atoms with Crippen LogP contribution in [0.5, 0.6) is 0 Å². The Bertz CT molecular complexity index is 617. The zero-order chi connectivity index (χ0) is 13.8. The molecule has 0 aliphatic heterocycles. The van der Waals surface area contributed by atoms with Crippen LogP contribution in [0.2, 0.25) is 0 Å². The maximum atomic E-state index is 11.1. The normalized spacial score (nSPS) is 10.2. The predicted molar refractivity (Wildman–Crippen MR) is 75.8 cm³/mol. The molecule has 2 aromatic heterocycles. The summed E-state index contributed by atoms with van der Waals surface area (Å²) in [5, 5.41) is 12.1. The summed E-state index contributed by atoms with van der Waals surface area (Å²) in [6.45, 7) is 1.93. The summed E-state index contributed by atoms with van der Waals surface area (Å²) in [4.78, 5) is 19.4. The van der Waals surface area contributed by atoms with Crippen molar-refractivity contribution in [2.75, 3.05) is 5.32 Å². The summed E-state index contributed by atoms with van der Waals surface area (Å²) < 4.78 is 0.836. The molecule has 0 bridgehead atoms. The number of nitrogens with one attached hydrogen (secondary N) is 1. The fourth-order valence-corrected chi connectivity index (χ4v) is 1.95. The van der Waals surface area contributed by atoms with E-state index in [1.807, 2.05) is 13.0 Å². The van der Waals surface area contributed by atoms with Crippen molar-refractivity contribution >= 4 is 33.4 Å². The molecule has 98 valence electrons. The van der Waals surface area contributed by atoms with Crippen LogP contribution in [0, 0.1) is 0 Å². The van der Waals surface area contributed by atoms with Crippen molar-refractivity contribution in [1.29, 1.82) is 0 Å². The fraction of sp³-hybridized carbons (Fsp3) is 0.154. The maximum Gasteiger partial charge on any atom is 0.335 e. The molecular formula is C13H12BrN3O2. The SMILES string of the molecule is CCc1cc(C(=O)O)cc(Nc2cncc(Br)c2)n1. The van der Waals surface area contributed by atoms with E-state index < -0.39 is 5.97 Å². The third kappa shape index (κ3) is 3.51. The van der Waals surface area contributed by atoms with E-state index in [1.165, 1.54) is 6.07 Å². The minimum Gasteiger partial charge on any atom is -0.478 e. The first kappa shape index (κ1) is 13.5. The van der Waals surface area contributed by atoms with Crippen LogP contribution < -0.4 is 5.32 Å². The van der Waals surface area contributed by atoms with Crippen LogP contribution in [0.15, 0.2) is 35.1 Å². The molecule has 0 unspecified atom stereocenters. The van der Waals surface area contributed by atoms with Crippen molar-refractivity contribution in [2.45, 2.75) is 13.3 Å². The second-order valence-electron chi connectivity index (χ2n) is 3.91. The van der Waals surface area contributed by atoms with Gasteiger partial charge in [-0.05, 0) is 40.5 Å². The third-order valence-electron chi connectivity index (χ3n) is 2.46. The van der Waals surface area contributed by atoms with Crippen molar-refractivity contribution in [3.05, 3.63) is 46.3 Å². The number of hydrogen-bond acceptors (Lipinski definition) is 4. The molecular weight excluding hydrogens is 310 g/mol. The van der Waals surface area contributed by atoms with Gasteiger partial charge in [-0.25, -0.2) is 9.78 Å². The molecule has 0 amide bonds. The van der Waals surface area contributed by atoms with Crippen LogP contribution in [-0.4, -0.2) is 21.0 Å². The van der Waals surface area contributed by atoms with Crippen molar-refractivity contribution in [1.82, 2.24) is 9.97 Å². The molecule has 0 saturated heterocycles. The molecule has 0 radical (unpaired) electrons. The topological polar surface area (TPSA) is 75.1 Å². The van der Waals surface area contributed by atoms with E-state index in [2.05, 4.69) is 31.2 Å². The Hall–Kier alpha value is -1.95. The Labute approximate surface area is 118 Å². The molecule has 6 heteroatoms. The number of hydrogen-bond donors (Lipinski definition) is 2. The first-order valence-corrected chi connectivity index (χ1v) is 6.49. The number of carboxylic acids is 1. The number of halogens is 1. The van der Waals surface area contributed by atoms with Gasteiger partial charge in [0.05, 0.1) is 17.4 Å². The number of aromatic carboxylic acids is 1. The monoisotopic (exact) mass is 321 g/mol. The highest BCUT2D eigenvalue weighted by Crippen LogP contribution is 2.19. The summed E-state index contributed by atoms with van der Waals surface area (Å²) >= 11 is 3.32. The van der Waals surface area contributed by atoms with Gasteiger partial charge in [-0.2, -0.15) is 0 Å². The molecule has 0 fully saturated rings. The van der Waals surface area contributed by atoms with E-state index in [1.54, 1.807) is 18.5 Å². The van der Waals surface area contributed by atoms with Gasteiger partial charge >= 0.3 is 5.97 Å². The van der Waals surface area contributed by atoms with Crippen LogP contribution in [0.1, 0.15) is 23.0 Å². The van der Waals surface area contributed by atoms with Gasteiger partial charge in [0.25, 0.3) is 0 Å². The molecule has 2 N–H and O–H groups in total. The third-order valence-corrected chi connectivity index (χ3v) is 2.90. The van der Waals surface area contributed by atoms with Gasteiger partial charge in [-0.1, -0.05) is 6.92 Å². The number of pyridine rings is 2. The van der Waals surface area contributed by atoms with E-state index in [-0.39, 0.29) is 5.56 Å². The summed E-state index contributed by atoms with van der Waals surface area (Å²) in [7, 11) is 0. The van der Waals surface area contributed by atoms with Crippen LogP contribution in [-0.2, 0) is 6.42 Å². The standard InChI is InChI=1S/C13H12BrN3O2/c1-2-10-3-8(13(18)19)4-12(16-10)17-11-5-9(14)6-15-7-11/h3-7H,2H2,1H3,(H,16,17)(H,18,19). The smallest absolute Gasteiger partial charge is 0.335 e. The first-order chi connectivity index (χ1) is 9.08. The zero-order valence-corrected chi connectivity index (χ0v) is 11.8. The van der Waals surface area contributed by atoms with Gasteiger partial charge in [-0.3, -0.25) is 4.98 Å². The molecule has 0 aromatic carbocycles. The fourth-order valence-electron chi connectivity index (χ4n) is 1.58. The van der Waals surface area contributed by atoms with E-state index in [0.717, 1.165) is 15.9 Å². The summed E-state index contributed by atoms with van der Waals surface area (Å²) in [5.41, 5.74) is 1.69. The highest BCUT2D eigenvalue weighted by atomic mass is 79.9. The van der Waals surface area contributed by atoms with Gasteiger partial charge < -0.3 is 10.4 Å². The highest BCUT2D eigenvalue weighted by Gasteiger charge is 2.08. The molecule has 5 nitrogen and oxygen atoms in total. The van der Waals surface area contributed by atoms with E-state index >= 15 is 0 Å². The predicted octanol–water partition coefficient (Wildman–Crippen LogP) is 3.24. The molecule has 0 aliphatic carbocycles. The number of aromatic nitrogens is 2. The number of nitrogens with zero attached hydrogens (tertiary/aromatic N) is 2. The van der Waals surface area contributed by atoms with Crippen molar-refractivity contribution < 1.29 is 9.90 Å². The molecule has 2 heterocycles. The molecule has 0 spiro atoms. The largest absolute Gasteiger partial charge is 0.478 e. The van der Waals surface area contributed by atoms with Crippen LogP contribution >= 0.6 is 15.9 Å². The Balaban J connectivity index is 2.34. The van der Waals surface area contributed by atoms with Crippen molar-refractivity contribution in [3.8, 4) is 0 Å². The number of rotatable bonds is 4. The average molecular weight is 322 g/mol. The van der Waals surface area contributed by atoms with Gasteiger partial charge in [-0.15, -0.1) is 0 Å². The Kier molecular flexibility index (Phi) is 4.11. The lowest BCUT2D eigenvalue weighted by Crippen LogP contribution is -2.03. The Morgan fingerprint density at radius 2 is 2.16 bits per heavy atom. The number of aryl methyl sites for hydroxylation is 1. The van der Waals surface area contributed by atoms with E-state index in [4.69, 9.17) is 5.11 Å². The lowest BCUT2D eigenvalue weighted by molar-refractivity contribution is 0.0696. The van der Waals surface area contributed by atoms with Crippen LogP contribution in [0.3, 0.4) is 0 Å². The number of carboxylic acid groups (broad SMARTS) is 1. The van der Waals surface area contributed by atoms with Crippen LogP contribution in [0.4, 0.5) is 11.5 Å². The van der Waals surface area contributed by atoms with Gasteiger partial charge in [0.15, 0.2) is 0 Å². The minimum atomic E-state index is -0.965. The quantitative estimate of drug-likeness (QED) is 0.904. The lowest BCUT2D eigenvalue weighted by atomic mass is 10.2. The van der Waals surface area contributed by atoms with Crippen molar-refractivity contribution in [2.24, 2.45) is 0 Å². The highest BCUT2D eigenvalue weighted by molar-refractivity contribution is 9.10. The van der Waals surface area contributed by atoms with E-state index in [0.29, 0.717) is 12.2 Å². The number of anilines is 2. The van der Waals surface area contributed by atoms with Gasteiger partial charge in [0.1, 0.15) is 5.82 Å². The second-order valence-corrected chi connectivity index (χ2v) is 4.82. The minimum absolute atomic E-state index is 0.220. The Morgan fingerprint density at radius 3 is 2.79 bits per heavy atom. The molecule has 0 saturated carbocycles. The summed E-state index contributed by atoms with van der Waals surface area (Å²) in [6.07, 6.45) is 3.99. The number of carbonyl (C=O) groups is 1. The molecule has 2 rings (SSSR count). The first-order valence-electron chi connectivity index (χ1n) is 5.70. The van der Waals surface area contributed by atoms with Gasteiger partial charge in [0.2, 0.25) is 0 Å². The Morgan fingerprint density at radius 1 is 1.37 bits per heavy atom. The van der Waals surface area contributed by atoms with Crippen LogP contribution in [0.25, 0.3) is 0 Å². The maximum absolute atomic E-state index is 11.1. The average Bonchev–Trinajstić information content (AvgIpc) is 2.38. The molecule has 19 heavy (non-hydrogen) atoms. The molecule has 0 atom stereocenters. The van der Waals surface area contributed by atoms with E-state index in [9.17, 15) is 4.79 Å². The lowest BCUT2D eigenvalue weighted by Gasteiger charge is -2.08. The second kappa shape index (κ2) is 5.79. The van der Waals surface area contributed by atoms with Gasteiger partial charge in [0, 0.05) is 16.4 Å². The zero-order valence-electron chi connectivity index (χ0n) is 10.2. The van der Waals surface area contributed by atoms with Crippen molar-refractivity contribution in [3.63, 3.8) is 0 Å². The molecule has 0 aliphatic rings. The summed E-state index contributed by atoms with van der Waals surface area (Å²) in [6, 6.07) is 4.92.